The number of methoxy groups -OCH3 is 1. The summed E-state index contributed by atoms with van der Waals surface area (Å²) in [6, 6.07) is 16.5. The molecule has 3 heterocycles. The molecule has 0 spiro atoms. The summed E-state index contributed by atoms with van der Waals surface area (Å²) < 4.78 is 6.41. The first-order valence-electron chi connectivity index (χ1n) is 11.3. The molecular weight excluding hydrogens is 432 g/mol. The molecule has 2 aromatic heterocycles. The number of piperazine rings is 1. The summed E-state index contributed by atoms with van der Waals surface area (Å²) >= 11 is 0. The summed E-state index contributed by atoms with van der Waals surface area (Å²) in [5, 5.41) is 12.7. The van der Waals surface area contributed by atoms with Crippen molar-refractivity contribution in [3.8, 4) is 5.75 Å². The van der Waals surface area contributed by atoms with Crippen LogP contribution in [0.1, 0.15) is 21.6 Å². The van der Waals surface area contributed by atoms with Gasteiger partial charge in [0.2, 0.25) is 0 Å². The molecule has 5 rings (SSSR count). The van der Waals surface area contributed by atoms with Crippen molar-refractivity contribution in [3.63, 3.8) is 0 Å². The molecule has 174 valence electrons. The fourth-order valence-corrected chi connectivity index (χ4v) is 4.58. The summed E-state index contributed by atoms with van der Waals surface area (Å²) in [7, 11) is 1.31. The van der Waals surface area contributed by atoms with E-state index in [1.807, 2.05) is 42.5 Å². The minimum Gasteiger partial charge on any atom is -0.507 e. The maximum atomic E-state index is 12.4. The number of esters is 1. The smallest absolute Gasteiger partial charge is 0.341 e. The van der Waals surface area contributed by atoms with E-state index in [1.54, 1.807) is 22.7 Å². The first-order chi connectivity index (χ1) is 16.5. The van der Waals surface area contributed by atoms with Gasteiger partial charge in [-0.15, -0.1) is 0 Å². The lowest BCUT2D eigenvalue weighted by Gasteiger charge is -2.34. The van der Waals surface area contributed by atoms with E-state index in [2.05, 4.69) is 14.8 Å². The zero-order valence-corrected chi connectivity index (χ0v) is 19.0. The van der Waals surface area contributed by atoms with Crippen molar-refractivity contribution >= 4 is 22.4 Å². The Morgan fingerprint density at radius 2 is 1.71 bits per heavy atom. The maximum Gasteiger partial charge on any atom is 0.341 e. The van der Waals surface area contributed by atoms with Crippen LogP contribution in [0.25, 0.3) is 16.4 Å². The first kappa shape index (κ1) is 22.1. The standard InChI is InChI=1S/C26H26N4O4/c1-34-26(33)21-14-18-6-2-3-7-20(18)22(25(21)32)17-29-12-10-28(11-13-29)16-19-15-24(31)30-9-5-4-8-23(30)27-19/h2-9,14-15,32H,10-13,16-17H2,1H3. The van der Waals surface area contributed by atoms with E-state index in [9.17, 15) is 14.7 Å². The van der Waals surface area contributed by atoms with Gasteiger partial charge >= 0.3 is 5.97 Å². The van der Waals surface area contributed by atoms with Crippen molar-refractivity contribution in [1.29, 1.82) is 0 Å². The van der Waals surface area contributed by atoms with Crippen LogP contribution < -0.4 is 5.56 Å². The Hall–Kier alpha value is -3.75. The molecule has 1 N–H and O–H groups in total. The molecule has 0 unspecified atom stereocenters. The van der Waals surface area contributed by atoms with Gasteiger partial charge in [-0.3, -0.25) is 19.0 Å². The lowest BCUT2D eigenvalue weighted by molar-refractivity contribution is 0.0597. The van der Waals surface area contributed by atoms with Gasteiger partial charge in [-0.1, -0.05) is 30.3 Å². The summed E-state index contributed by atoms with van der Waals surface area (Å²) in [5.74, 6) is -0.568. The molecule has 8 nitrogen and oxygen atoms in total. The summed E-state index contributed by atoms with van der Waals surface area (Å²) in [4.78, 5) is 33.8. The minimum absolute atomic E-state index is 0.0196. The van der Waals surface area contributed by atoms with Gasteiger partial charge in [0.05, 0.1) is 12.8 Å². The van der Waals surface area contributed by atoms with E-state index in [0.29, 0.717) is 18.7 Å². The Bertz CT molecular complexity index is 1420. The molecule has 0 bridgehead atoms. The molecule has 0 aliphatic carbocycles. The van der Waals surface area contributed by atoms with Crippen LogP contribution >= 0.6 is 0 Å². The van der Waals surface area contributed by atoms with Crippen molar-refractivity contribution in [3.05, 3.63) is 88.0 Å². The second kappa shape index (κ2) is 9.24. The van der Waals surface area contributed by atoms with Crippen molar-refractivity contribution < 1.29 is 14.6 Å². The third-order valence-electron chi connectivity index (χ3n) is 6.39. The molecule has 0 atom stereocenters. The highest BCUT2D eigenvalue weighted by Gasteiger charge is 2.23. The molecular formula is C26H26N4O4. The number of phenols is 1. The number of nitrogens with zero attached hydrogens (tertiary/aromatic N) is 4. The van der Waals surface area contributed by atoms with Crippen LogP contribution in [0.5, 0.6) is 5.75 Å². The predicted molar refractivity (Wildman–Crippen MR) is 129 cm³/mol. The molecule has 0 amide bonds. The van der Waals surface area contributed by atoms with Crippen LogP contribution in [0.2, 0.25) is 0 Å². The lowest BCUT2D eigenvalue weighted by Crippen LogP contribution is -2.45. The number of aromatic hydroxyl groups is 1. The van der Waals surface area contributed by atoms with Gasteiger partial charge in [-0.05, 0) is 29.0 Å². The fourth-order valence-electron chi connectivity index (χ4n) is 4.58. The average molecular weight is 459 g/mol. The second-order valence-electron chi connectivity index (χ2n) is 8.53. The zero-order valence-electron chi connectivity index (χ0n) is 19.0. The van der Waals surface area contributed by atoms with Crippen LogP contribution in [0.3, 0.4) is 0 Å². The molecule has 2 aromatic carbocycles. The highest BCUT2D eigenvalue weighted by atomic mass is 16.5. The SMILES string of the molecule is COC(=O)c1cc2ccccc2c(CN2CCN(Cc3cc(=O)n4ccccc4n3)CC2)c1O. The van der Waals surface area contributed by atoms with Crippen LogP contribution in [-0.2, 0) is 17.8 Å². The largest absolute Gasteiger partial charge is 0.507 e. The summed E-state index contributed by atoms with van der Waals surface area (Å²) in [6.07, 6.45) is 1.72. The Morgan fingerprint density at radius 3 is 2.47 bits per heavy atom. The number of carbonyl (C=O) groups excluding carboxylic acids is 1. The normalized spacial score (nSPS) is 15.1. The van der Waals surface area contributed by atoms with E-state index < -0.39 is 5.97 Å². The van der Waals surface area contributed by atoms with Crippen molar-refractivity contribution in [2.24, 2.45) is 0 Å². The van der Waals surface area contributed by atoms with Gasteiger partial charge in [-0.25, -0.2) is 9.78 Å². The number of carbonyl (C=O) groups is 1. The molecule has 1 saturated heterocycles. The summed E-state index contributed by atoms with van der Waals surface area (Å²) in [6.45, 7) is 4.35. The molecule has 1 aliphatic heterocycles. The average Bonchev–Trinajstić information content (AvgIpc) is 2.86. The van der Waals surface area contributed by atoms with E-state index in [0.717, 1.165) is 48.2 Å². The molecule has 34 heavy (non-hydrogen) atoms. The summed E-state index contributed by atoms with van der Waals surface area (Å²) in [5.41, 5.74) is 2.25. The van der Waals surface area contributed by atoms with Gasteiger partial charge in [0.1, 0.15) is 17.0 Å². The van der Waals surface area contributed by atoms with Crippen molar-refractivity contribution in [1.82, 2.24) is 19.2 Å². The van der Waals surface area contributed by atoms with E-state index in [1.165, 1.54) is 7.11 Å². The Morgan fingerprint density at radius 1 is 1.00 bits per heavy atom. The molecule has 0 radical (unpaired) electrons. The van der Waals surface area contributed by atoms with Gasteiger partial charge < -0.3 is 9.84 Å². The molecule has 1 aliphatic rings. The van der Waals surface area contributed by atoms with E-state index in [-0.39, 0.29) is 16.9 Å². The molecule has 8 heteroatoms. The Labute approximate surface area is 196 Å². The monoisotopic (exact) mass is 458 g/mol. The number of hydrogen-bond donors (Lipinski definition) is 1. The fraction of sp³-hybridized carbons (Fsp3) is 0.269. The number of aromatic nitrogens is 2. The molecule has 4 aromatic rings. The van der Waals surface area contributed by atoms with Gasteiger partial charge in [-0.2, -0.15) is 0 Å². The highest BCUT2D eigenvalue weighted by Crippen LogP contribution is 2.33. The number of phenolic OH excluding ortho intramolecular Hbond substituents is 1. The molecule has 1 fully saturated rings. The zero-order chi connectivity index (χ0) is 23.7. The maximum absolute atomic E-state index is 12.4. The second-order valence-corrected chi connectivity index (χ2v) is 8.53. The third-order valence-corrected chi connectivity index (χ3v) is 6.39. The minimum atomic E-state index is -0.548. The van der Waals surface area contributed by atoms with Crippen molar-refractivity contribution in [2.75, 3.05) is 33.3 Å². The van der Waals surface area contributed by atoms with E-state index >= 15 is 0 Å². The molecule has 0 saturated carbocycles. The van der Waals surface area contributed by atoms with Gasteiger partial charge in [0.15, 0.2) is 0 Å². The third kappa shape index (κ3) is 4.25. The quantitative estimate of drug-likeness (QED) is 0.460. The van der Waals surface area contributed by atoms with Gasteiger partial charge in [0, 0.05) is 57.1 Å². The Kier molecular flexibility index (Phi) is 6.00. The number of benzene rings is 2. The van der Waals surface area contributed by atoms with Crippen LogP contribution in [0, 0.1) is 0 Å². The van der Waals surface area contributed by atoms with Crippen LogP contribution in [-0.4, -0.2) is 63.5 Å². The predicted octanol–water partition coefficient (Wildman–Crippen LogP) is 2.66. The van der Waals surface area contributed by atoms with E-state index in [4.69, 9.17) is 4.74 Å². The van der Waals surface area contributed by atoms with Crippen molar-refractivity contribution in [2.45, 2.75) is 13.1 Å². The number of ether oxygens (including phenoxy) is 1. The van der Waals surface area contributed by atoms with Crippen LogP contribution in [0.15, 0.2) is 65.6 Å². The van der Waals surface area contributed by atoms with Crippen LogP contribution in [0.4, 0.5) is 0 Å². The number of hydrogen-bond acceptors (Lipinski definition) is 7. The van der Waals surface area contributed by atoms with Gasteiger partial charge in [0.25, 0.3) is 5.56 Å². The number of fused-ring (bicyclic) bond motifs is 2. The number of rotatable bonds is 5. The lowest BCUT2D eigenvalue weighted by atomic mass is 9.98. The first-order valence-corrected chi connectivity index (χ1v) is 11.3. The Balaban J connectivity index is 1.31. The number of pyridine rings is 1. The highest BCUT2D eigenvalue weighted by molar-refractivity contribution is 6.00. The topological polar surface area (TPSA) is 87.4 Å².